The lowest BCUT2D eigenvalue weighted by molar-refractivity contribution is 0.0166. The summed E-state index contributed by atoms with van der Waals surface area (Å²) in [5.74, 6) is -2.36. The van der Waals surface area contributed by atoms with Gasteiger partial charge >= 0.3 is 0 Å². The number of fused-ring (bicyclic) bond motifs is 1. The van der Waals surface area contributed by atoms with E-state index in [1.807, 2.05) is 19.1 Å². The van der Waals surface area contributed by atoms with E-state index in [2.05, 4.69) is 20.3 Å². The van der Waals surface area contributed by atoms with Gasteiger partial charge in [-0.25, -0.2) is 23.7 Å². The molecule has 0 saturated heterocycles. The molecule has 0 aliphatic heterocycles. The minimum atomic E-state index is -2.84. The van der Waals surface area contributed by atoms with Crippen molar-refractivity contribution in [3.63, 3.8) is 0 Å². The van der Waals surface area contributed by atoms with E-state index in [9.17, 15) is 13.6 Å². The molecule has 0 aliphatic carbocycles. The van der Waals surface area contributed by atoms with E-state index in [0.29, 0.717) is 30.3 Å². The van der Waals surface area contributed by atoms with E-state index < -0.39 is 17.9 Å². The molecule has 0 amide bonds. The van der Waals surface area contributed by atoms with E-state index >= 15 is 0 Å². The second-order valence-electron chi connectivity index (χ2n) is 7.43. The van der Waals surface area contributed by atoms with Crippen LogP contribution in [0.5, 0.6) is 5.88 Å². The summed E-state index contributed by atoms with van der Waals surface area (Å²) in [5.41, 5.74) is 1.99. The fourth-order valence-electron chi connectivity index (χ4n) is 3.09. The third-order valence-corrected chi connectivity index (χ3v) is 4.75. The summed E-state index contributed by atoms with van der Waals surface area (Å²) in [4.78, 5) is 26.0. The van der Waals surface area contributed by atoms with Crippen LogP contribution in [0.25, 0.3) is 22.3 Å². The van der Waals surface area contributed by atoms with Gasteiger partial charge in [0.25, 0.3) is 5.56 Å². The molecule has 0 radical (unpaired) electrons. The molecule has 3 aromatic rings. The summed E-state index contributed by atoms with van der Waals surface area (Å²) in [6.45, 7) is 3.94. The van der Waals surface area contributed by atoms with Crippen LogP contribution in [-0.4, -0.2) is 52.3 Å². The Morgan fingerprint density at radius 3 is 2.59 bits per heavy atom. The largest absolute Gasteiger partial charge is 0.481 e. The first-order chi connectivity index (χ1) is 15.3. The zero-order valence-electron chi connectivity index (χ0n) is 18.4. The van der Waals surface area contributed by atoms with Crippen LogP contribution in [0.4, 0.5) is 14.6 Å². The number of nitrogens with one attached hydrogen (secondary N) is 1. The van der Waals surface area contributed by atoms with Crippen molar-refractivity contribution in [2.45, 2.75) is 39.2 Å². The number of hydrogen-bond donors (Lipinski definition) is 1. The second-order valence-corrected chi connectivity index (χ2v) is 7.43. The van der Waals surface area contributed by atoms with Crippen molar-refractivity contribution >= 4 is 17.0 Å². The molecule has 0 spiro atoms. The molecule has 172 valence electrons. The highest BCUT2D eigenvalue weighted by Gasteiger charge is 2.21. The molecule has 0 aliphatic rings. The fraction of sp³-hybridized carbons (Fsp3) is 0.455. The van der Waals surface area contributed by atoms with E-state index in [4.69, 9.17) is 9.47 Å². The number of methoxy groups -OCH3 is 1. The van der Waals surface area contributed by atoms with Gasteiger partial charge in [-0.15, -0.1) is 0 Å². The molecular weight excluding hydrogens is 420 g/mol. The maximum absolute atomic E-state index is 13.2. The van der Waals surface area contributed by atoms with E-state index in [1.54, 1.807) is 18.5 Å². The SMILES string of the molecule is CCCOCCn1c(=O)c(NCCC(C)(F)F)nc2ncc(-c3ccc(OC)nc3)cc21. The number of ether oxygens (including phenoxy) is 2. The first kappa shape index (κ1) is 23.5. The third-order valence-electron chi connectivity index (χ3n) is 4.75. The minimum Gasteiger partial charge on any atom is -0.481 e. The van der Waals surface area contributed by atoms with Crippen LogP contribution >= 0.6 is 0 Å². The van der Waals surface area contributed by atoms with Gasteiger partial charge in [0.15, 0.2) is 11.5 Å². The Bertz CT molecular complexity index is 1100. The minimum absolute atomic E-state index is 0.0106. The van der Waals surface area contributed by atoms with Crippen molar-refractivity contribution in [3.05, 3.63) is 40.9 Å². The van der Waals surface area contributed by atoms with E-state index in [-0.39, 0.29) is 18.9 Å². The average Bonchev–Trinajstić information content (AvgIpc) is 2.77. The molecule has 3 aromatic heterocycles. The topological polar surface area (TPSA) is 91.2 Å². The number of pyridine rings is 2. The Hall–Kier alpha value is -3.14. The number of hydrogen-bond acceptors (Lipinski definition) is 7. The number of aromatic nitrogens is 4. The van der Waals surface area contributed by atoms with Gasteiger partial charge in [0.2, 0.25) is 11.8 Å². The number of nitrogens with zero attached hydrogens (tertiary/aromatic N) is 4. The van der Waals surface area contributed by atoms with Gasteiger partial charge in [0.1, 0.15) is 0 Å². The summed E-state index contributed by atoms with van der Waals surface area (Å²) in [5, 5.41) is 2.73. The van der Waals surface area contributed by atoms with Gasteiger partial charge in [0.05, 0.1) is 19.2 Å². The van der Waals surface area contributed by atoms with Crippen LogP contribution in [0.3, 0.4) is 0 Å². The predicted octanol–water partition coefficient (Wildman–Crippen LogP) is 3.75. The van der Waals surface area contributed by atoms with Gasteiger partial charge in [-0.3, -0.25) is 9.36 Å². The maximum atomic E-state index is 13.2. The smallest absolute Gasteiger partial charge is 0.293 e. The molecule has 0 fully saturated rings. The number of rotatable bonds is 11. The Kier molecular flexibility index (Phi) is 7.68. The normalized spacial score (nSPS) is 11.7. The van der Waals surface area contributed by atoms with E-state index in [0.717, 1.165) is 24.5 Å². The standard InChI is InChI=1S/C22H27F2N5O3/c1-4-10-32-11-9-29-17-12-16(15-5-6-18(31-3)26-13-15)14-27-19(17)28-20(21(29)30)25-8-7-22(2,23)24/h5-6,12-14H,4,7-11H2,1-3H3,(H,25,27,28). The van der Waals surface area contributed by atoms with Crippen LogP contribution < -0.4 is 15.6 Å². The highest BCUT2D eigenvalue weighted by atomic mass is 19.3. The van der Waals surface area contributed by atoms with Crippen molar-refractivity contribution in [1.29, 1.82) is 0 Å². The summed E-state index contributed by atoms with van der Waals surface area (Å²) in [6, 6.07) is 5.39. The molecule has 0 aromatic carbocycles. The zero-order chi connectivity index (χ0) is 23.1. The molecule has 1 N–H and O–H groups in total. The molecule has 8 nitrogen and oxygen atoms in total. The van der Waals surface area contributed by atoms with E-state index in [1.165, 1.54) is 11.7 Å². The molecule has 3 heterocycles. The Balaban J connectivity index is 1.98. The molecule has 3 rings (SSSR count). The number of anilines is 1. The maximum Gasteiger partial charge on any atom is 0.293 e. The molecule has 10 heteroatoms. The Morgan fingerprint density at radius 2 is 1.94 bits per heavy atom. The molecule has 0 bridgehead atoms. The Morgan fingerprint density at radius 1 is 1.16 bits per heavy atom. The fourth-order valence-corrected chi connectivity index (χ4v) is 3.09. The first-order valence-corrected chi connectivity index (χ1v) is 10.4. The monoisotopic (exact) mass is 447 g/mol. The lowest BCUT2D eigenvalue weighted by Gasteiger charge is -2.15. The van der Waals surface area contributed by atoms with Gasteiger partial charge < -0.3 is 14.8 Å². The van der Waals surface area contributed by atoms with Crippen molar-refractivity contribution < 1.29 is 18.3 Å². The second kappa shape index (κ2) is 10.4. The summed E-state index contributed by atoms with van der Waals surface area (Å²) >= 11 is 0. The summed E-state index contributed by atoms with van der Waals surface area (Å²) < 4.78 is 38.5. The molecule has 0 saturated carbocycles. The van der Waals surface area contributed by atoms with Crippen LogP contribution in [0.15, 0.2) is 35.4 Å². The summed E-state index contributed by atoms with van der Waals surface area (Å²) in [6.07, 6.45) is 3.73. The molecule has 0 atom stereocenters. The van der Waals surface area contributed by atoms with Crippen LogP contribution in [0, 0.1) is 0 Å². The van der Waals surface area contributed by atoms with Gasteiger partial charge in [-0.05, 0) is 25.5 Å². The van der Waals surface area contributed by atoms with Gasteiger partial charge in [-0.2, -0.15) is 0 Å². The zero-order valence-corrected chi connectivity index (χ0v) is 18.4. The van der Waals surface area contributed by atoms with Gasteiger partial charge in [0, 0.05) is 55.7 Å². The average molecular weight is 447 g/mol. The molecule has 0 unspecified atom stereocenters. The Labute approximate surface area is 184 Å². The molecular formula is C22H27F2N5O3. The van der Waals surface area contributed by atoms with Crippen molar-refractivity contribution in [2.75, 3.05) is 32.2 Å². The quantitative estimate of drug-likeness (QED) is 0.448. The lowest BCUT2D eigenvalue weighted by atomic mass is 10.1. The van der Waals surface area contributed by atoms with Gasteiger partial charge in [-0.1, -0.05) is 6.92 Å². The highest BCUT2D eigenvalue weighted by Crippen LogP contribution is 2.23. The van der Waals surface area contributed by atoms with Crippen molar-refractivity contribution in [2.24, 2.45) is 0 Å². The predicted molar refractivity (Wildman–Crippen MR) is 118 cm³/mol. The van der Waals surface area contributed by atoms with Crippen LogP contribution in [-0.2, 0) is 11.3 Å². The summed E-state index contributed by atoms with van der Waals surface area (Å²) in [7, 11) is 1.54. The molecule has 32 heavy (non-hydrogen) atoms. The van der Waals surface area contributed by atoms with Crippen molar-refractivity contribution in [1.82, 2.24) is 19.5 Å². The third kappa shape index (κ3) is 5.97. The van der Waals surface area contributed by atoms with Crippen LogP contribution in [0.1, 0.15) is 26.7 Å². The van der Waals surface area contributed by atoms with Crippen LogP contribution in [0.2, 0.25) is 0 Å². The number of alkyl halides is 2. The highest BCUT2D eigenvalue weighted by molar-refractivity contribution is 5.78. The van der Waals surface area contributed by atoms with Crippen molar-refractivity contribution in [3.8, 4) is 17.0 Å². The first-order valence-electron chi connectivity index (χ1n) is 10.4. The lowest BCUT2D eigenvalue weighted by Crippen LogP contribution is -2.28. The number of halogens is 2.